The van der Waals surface area contributed by atoms with Crippen LogP contribution in [0.4, 0.5) is 10.5 Å². The van der Waals surface area contributed by atoms with Gasteiger partial charge in [0.2, 0.25) is 11.8 Å². The molecule has 41 heavy (non-hydrogen) atoms. The number of nitrogens with two attached hydrogens (primary N) is 1. The van der Waals surface area contributed by atoms with Crippen molar-refractivity contribution in [3.63, 3.8) is 0 Å². The molecule has 0 saturated carbocycles. The number of carbonyl (C=O) groups excluding carboxylic acids is 4. The molecule has 4 amide bonds. The number of ether oxygens (including phenoxy) is 1. The van der Waals surface area contributed by atoms with E-state index in [1.807, 2.05) is 62.4 Å². The number of amides is 4. The molecule has 3 aromatic carbocycles. The van der Waals surface area contributed by atoms with Crippen LogP contribution in [0.25, 0.3) is 10.8 Å². The van der Waals surface area contributed by atoms with E-state index in [1.165, 1.54) is 0 Å². The van der Waals surface area contributed by atoms with Crippen LogP contribution in [0.3, 0.4) is 0 Å². The van der Waals surface area contributed by atoms with Crippen LogP contribution in [-0.2, 0) is 19.1 Å². The Hall–Kier alpha value is -4.44. The van der Waals surface area contributed by atoms with Crippen molar-refractivity contribution in [1.82, 2.24) is 10.2 Å². The summed E-state index contributed by atoms with van der Waals surface area (Å²) in [5.74, 6) is -2.15. The molecule has 0 saturated heterocycles. The molecule has 0 aliphatic heterocycles. The van der Waals surface area contributed by atoms with Crippen molar-refractivity contribution in [2.24, 2.45) is 5.73 Å². The van der Waals surface area contributed by atoms with E-state index in [2.05, 4.69) is 10.6 Å². The largest absolute Gasteiger partial charge is 0.444 e. The van der Waals surface area contributed by atoms with Crippen LogP contribution < -0.4 is 16.4 Å². The third-order valence-electron chi connectivity index (χ3n) is 6.32. The fraction of sp³-hybridized carbons (Fsp3) is 0.355. The molecule has 5 N–H and O–H groups in total. The number of anilines is 1. The number of nitrogens with zero attached hydrogens (tertiary/aromatic N) is 1. The molecular weight excluding hydrogens is 524 g/mol. The predicted molar refractivity (Wildman–Crippen MR) is 157 cm³/mol. The number of fused-ring (bicyclic) bond motifs is 1. The lowest BCUT2D eigenvalue weighted by Crippen LogP contribution is -2.54. The monoisotopic (exact) mass is 562 g/mol. The first kappa shape index (κ1) is 31.1. The number of rotatable bonds is 10. The lowest BCUT2D eigenvalue weighted by Gasteiger charge is -2.34. The van der Waals surface area contributed by atoms with Gasteiger partial charge in [-0.1, -0.05) is 54.1 Å². The fourth-order valence-electron chi connectivity index (χ4n) is 4.59. The number of aliphatic hydroxyl groups excluding tert-OH is 1. The molecule has 0 aliphatic rings. The summed E-state index contributed by atoms with van der Waals surface area (Å²) < 4.78 is 5.28. The molecule has 0 aliphatic carbocycles. The molecule has 2 atom stereocenters. The van der Waals surface area contributed by atoms with E-state index < -0.39 is 54.5 Å². The minimum Gasteiger partial charge on any atom is -0.444 e. The lowest BCUT2D eigenvalue weighted by atomic mass is 9.96. The van der Waals surface area contributed by atoms with E-state index in [9.17, 15) is 24.3 Å². The highest BCUT2D eigenvalue weighted by Crippen LogP contribution is 2.29. The van der Waals surface area contributed by atoms with Crippen LogP contribution in [0.1, 0.15) is 49.9 Å². The van der Waals surface area contributed by atoms with Crippen LogP contribution in [0.5, 0.6) is 0 Å². The summed E-state index contributed by atoms with van der Waals surface area (Å²) in [4.78, 5) is 53.5. The summed E-state index contributed by atoms with van der Waals surface area (Å²) in [7, 11) is 0. The number of alkyl carbamates (subject to hydrolysis) is 1. The zero-order valence-electron chi connectivity index (χ0n) is 24.1. The van der Waals surface area contributed by atoms with E-state index in [0.717, 1.165) is 26.8 Å². The van der Waals surface area contributed by atoms with Gasteiger partial charge in [-0.25, -0.2) is 4.79 Å². The van der Waals surface area contributed by atoms with Crippen molar-refractivity contribution in [2.45, 2.75) is 58.7 Å². The maximum absolute atomic E-state index is 14.0. The second-order valence-corrected chi connectivity index (χ2v) is 10.9. The number of carbonyl (C=O) groups is 4. The van der Waals surface area contributed by atoms with Crippen LogP contribution in [0, 0.1) is 13.8 Å². The fourth-order valence-corrected chi connectivity index (χ4v) is 4.59. The molecule has 3 aromatic rings. The number of benzene rings is 3. The zero-order valence-corrected chi connectivity index (χ0v) is 24.1. The summed E-state index contributed by atoms with van der Waals surface area (Å²) >= 11 is 0. The predicted octanol–water partition coefficient (Wildman–Crippen LogP) is 3.73. The minimum atomic E-state index is -1.43. The Balaban J connectivity index is 2.04. The van der Waals surface area contributed by atoms with Gasteiger partial charge in [-0.2, -0.15) is 0 Å². The van der Waals surface area contributed by atoms with Crippen LogP contribution in [0.15, 0.2) is 60.7 Å². The van der Waals surface area contributed by atoms with Crippen molar-refractivity contribution in [3.05, 3.63) is 77.4 Å². The van der Waals surface area contributed by atoms with Crippen molar-refractivity contribution < 1.29 is 29.0 Å². The van der Waals surface area contributed by atoms with Gasteiger partial charge in [-0.05, 0) is 68.7 Å². The second-order valence-electron chi connectivity index (χ2n) is 10.9. The standard InChI is InChI=1S/C31H38N4O6/c1-19-10-13-24(20(2)16-19)27(28(38)33-23-12-11-21-8-6-7-9-22(21)17-23)35(14-15-36)29(39)25(18-26(32)37)34-30(40)41-31(3,4)5/h6-13,16-17,25,27,36H,14-15,18H2,1-5H3,(H2,32,37)(H,33,38)(H,34,40). The van der Waals surface area contributed by atoms with Gasteiger partial charge in [0.25, 0.3) is 5.91 Å². The summed E-state index contributed by atoms with van der Waals surface area (Å²) in [6.45, 7) is 7.96. The Bertz CT molecular complexity index is 1430. The highest BCUT2D eigenvalue weighted by Gasteiger charge is 2.37. The van der Waals surface area contributed by atoms with E-state index in [0.29, 0.717) is 11.3 Å². The molecule has 10 heteroatoms. The molecule has 0 aromatic heterocycles. The van der Waals surface area contributed by atoms with Crippen LogP contribution in [0.2, 0.25) is 0 Å². The number of aliphatic hydroxyl groups is 1. The van der Waals surface area contributed by atoms with Gasteiger partial charge < -0.3 is 31.1 Å². The smallest absolute Gasteiger partial charge is 0.408 e. The molecule has 3 rings (SSSR count). The summed E-state index contributed by atoms with van der Waals surface area (Å²) in [6, 6.07) is 16.0. The highest BCUT2D eigenvalue weighted by atomic mass is 16.6. The third-order valence-corrected chi connectivity index (χ3v) is 6.32. The Morgan fingerprint density at radius 2 is 1.66 bits per heavy atom. The maximum Gasteiger partial charge on any atom is 0.408 e. The third kappa shape index (κ3) is 8.52. The zero-order chi connectivity index (χ0) is 30.3. The molecule has 0 spiro atoms. The molecule has 0 radical (unpaired) electrons. The van der Waals surface area contributed by atoms with Crippen molar-refractivity contribution >= 4 is 40.3 Å². The van der Waals surface area contributed by atoms with Crippen LogP contribution in [-0.4, -0.2) is 58.6 Å². The van der Waals surface area contributed by atoms with Gasteiger partial charge in [-0.15, -0.1) is 0 Å². The number of nitrogens with one attached hydrogen (secondary N) is 2. The van der Waals surface area contributed by atoms with Gasteiger partial charge in [0.05, 0.1) is 13.0 Å². The first-order valence-electron chi connectivity index (χ1n) is 13.3. The maximum atomic E-state index is 14.0. The van der Waals surface area contributed by atoms with Crippen LogP contribution >= 0.6 is 0 Å². The van der Waals surface area contributed by atoms with Gasteiger partial charge in [-0.3, -0.25) is 14.4 Å². The normalized spacial score (nSPS) is 12.7. The van der Waals surface area contributed by atoms with Gasteiger partial charge in [0, 0.05) is 12.2 Å². The van der Waals surface area contributed by atoms with Gasteiger partial charge >= 0.3 is 6.09 Å². The number of aryl methyl sites for hydroxylation is 2. The Morgan fingerprint density at radius 1 is 0.976 bits per heavy atom. The molecule has 10 nitrogen and oxygen atoms in total. The summed E-state index contributed by atoms with van der Waals surface area (Å²) in [5, 5.41) is 17.2. The van der Waals surface area contributed by atoms with E-state index >= 15 is 0 Å². The second kappa shape index (κ2) is 13.3. The molecule has 0 bridgehead atoms. The average Bonchev–Trinajstić information content (AvgIpc) is 2.87. The quantitative estimate of drug-likeness (QED) is 0.296. The highest BCUT2D eigenvalue weighted by molar-refractivity contribution is 6.01. The van der Waals surface area contributed by atoms with Gasteiger partial charge in [0.15, 0.2) is 0 Å². The Morgan fingerprint density at radius 3 is 2.27 bits per heavy atom. The summed E-state index contributed by atoms with van der Waals surface area (Å²) in [5.41, 5.74) is 7.28. The number of primary amides is 1. The Kier molecular flexibility index (Phi) is 10.1. The first-order valence-corrected chi connectivity index (χ1v) is 13.3. The molecular formula is C31H38N4O6. The topological polar surface area (TPSA) is 151 Å². The minimum absolute atomic E-state index is 0.257. The van der Waals surface area contributed by atoms with E-state index in [-0.39, 0.29) is 6.54 Å². The first-order chi connectivity index (χ1) is 19.3. The van der Waals surface area contributed by atoms with E-state index in [1.54, 1.807) is 32.9 Å². The molecule has 0 fully saturated rings. The van der Waals surface area contributed by atoms with Crippen molar-refractivity contribution in [2.75, 3.05) is 18.5 Å². The molecule has 218 valence electrons. The lowest BCUT2D eigenvalue weighted by molar-refractivity contribution is -0.142. The average molecular weight is 563 g/mol. The van der Waals surface area contributed by atoms with Crippen molar-refractivity contribution in [1.29, 1.82) is 0 Å². The number of hydrogen-bond donors (Lipinski definition) is 4. The van der Waals surface area contributed by atoms with E-state index in [4.69, 9.17) is 10.5 Å². The molecule has 2 unspecified atom stereocenters. The van der Waals surface area contributed by atoms with Crippen molar-refractivity contribution in [3.8, 4) is 0 Å². The summed E-state index contributed by atoms with van der Waals surface area (Å²) in [6.07, 6.45) is -1.46. The number of hydrogen-bond acceptors (Lipinski definition) is 6. The van der Waals surface area contributed by atoms with Gasteiger partial charge in [0.1, 0.15) is 17.7 Å². The Labute approximate surface area is 239 Å². The molecule has 0 heterocycles. The SMILES string of the molecule is Cc1ccc(C(C(=O)Nc2ccc3ccccc3c2)N(CCO)C(=O)C(CC(N)=O)NC(=O)OC(C)(C)C)c(C)c1.